The van der Waals surface area contributed by atoms with Gasteiger partial charge in [0.15, 0.2) is 0 Å². The highest BCUT2D eigenvalue weighted by Crippen LogP contribution is 2.17. The van der Waals surface area contributed by atoms with Gasteiger partial charge in [0.25, 0.3) is 0 Å². The summed E-state index contributed by atoms with van der Waals surface area (Å²) in [5.74, 6) is 0. The van der Waals surface area contributed by atoms with Gasteiger partial charge in [0.05, 0.1) is 7.05 Å². The highest BCUT2D eigenvalue weighted by Gasteiger charge is 2.01. The Morgan fingerprint density at radius 3 is 2.71 bits per heavy atom. The van der Waals surface area contributed by atoms with Gasteiger partial charge >= 0.3 is 0 Å². The second-order valence-electron chi connectivity index (χ2n) is 3.77. The molecule has 0 saturated carbocycles. The molecule has 76 valence electrons. The molecule has 14 heavy (non-hydrogen) atoms. The van der Waals surface area contributed by atoms with Crippen LogP contribution in [0, 0.1) is 6.92 Å². The van der Waals surface area contributed by atoms with Gasteiger partial charge in [-0.15, -0.1) is 0 Å². The van der Waals surface area contributed by atoms with Crippen molar-refractivity contribution in [1.82, 2.24) is 0 Å². The lowest BCUT2D eigenvalue weighted by atomic mass is 10.1. The minimum absolute atomic E-state index is 1.12. The van der Waals surface area contributed by atoms with Crippen LogP contribution in [-0.4, -0.2) is 7.05 Å². The number of benzene rings is 1. The summed E-state index contributed by atoms with van der Waals surface area (Å²) in [5, 5.41) is 2.16. The van der Waals surface area contributed by atoms with Crippen LogP contribution in [0.1, 0.15) is 31.4 Å². The van der Waals surface area contributed by atoms with E-state index >= 15 is 0 Å². The van der Waals surface area contributed by atoms with E-state index in [9.17, 15) is 0 Å². The van der Waals surface area contributed by atoms with Crippen LogP contribution < -0.4 is 5.32 Å². The van der Waals surface area contributed by atoms with E-state index in [1.165, 1.54) is 22.4 Å². The van der Waals surface area contributed by atoms with Gasteiger partial charge < -0.3 is 5.32 Å². The molecule has 0 amide bonds. The van der Waals surface area contributed by atoms with Crippen LogP contribution in [0.25, 0.3) is 6.08 Å². The fraction of sp³-hybridized carbons (Fsp3) is 0.385. The van der Waals surface area contributed by atoms with Crippen LogP contribution in [-0.2, 0) is 0 Å². The minimum atomic E-state index is 1.12. The lowest BCUT2D eigenvalue weighted by molar-refractivity contribution is -0.539. The molecule has 2 N–H and O–H groups in total. The zero-order chi connectivity index (χ0) is 10.6. The van der Waals surface area contributed by atoms with Crippen molar-refractivity contribution in [3.63, 3.8) is 0 Å². The Morgan fingerprint density at radius 1 is 1.43 bits per heavy atom. The molecule has 0 bridgehead atoms. The molecule has 1 rings (SSSR count). The van der Waals surface area contributed by atoms with Crippen LogP contribution in [0.15, 0.2) is 23.8 Å². The third-order valence-corrected chi connectivity index (χ3v) is 2.51. The second-order valence-corrected chi connectivity index (χ2v) is 3.77. The molecule has 1 heteroatoms. The molecule has 0 aliphatic rings. The number of hydrogen-bond donors (Lipinski definition) is 1. The van der Waals surface area contributed by atoms with Crippen molar-refractivity contribution in [2.75, 3.05) is 7.05 Å². The molecule has 0 radical (unpaired) electrons. The molecule has 0 atom stereocenters. The number of rotatable bonds is 3. The Labute approximate surface area is 86.8 Å². The van der Waals surface area contributed by atoms with Crippen LogP contribution in [0.5, 0.6) is 0 Å². The Balaban J connectivity index is 3.11. The van der Waals surface area contributed by atoms with E-state index in [1.807, 2.05) is 0 Å². The van der Waals surface area contributed by atoms with Gasteiger partial charge in [-0.05, 0) is 32.4 Å². The summed E-state index contributed by atoms with van der Waals surface area (Å²) in [6.45, 7) is 6.51. The molecule has 1 aromatic carbocycles. The first-order valence-electron chi connectivity index (χ1n) is 5.24. The maximum atomic E-state index is 2.28. The van der Waals surface area contributed by atoms with E-state index in [0.29, 0.717) is 0 Å². The Kier molecular flexibility index (Phi) is 3.90. The number of quaternary nitrogens is 1. The Bertz CT molecular complexity index is 337. The third-order valence-electron chi connectivity index (χ3n) is 2.51. The van der Waals surface area contributed by atoms with E-state index in [1.54, 1.807) is 0 Å². The van der Waals surface area contributed by atoms with Crippen molar-refractivity contribution < 1.29 is 5.32 Å². The Hall–Kier alpha value is -1.08. The molecular weight excluding hydrogens is 170 g/mol. The highest BCUT2D eigenvalue weighted by molar-refractivity contribution is 5.63. The molecule has 1 nitrogen and oxygen atoms in total. The van der Waals surface area contributed by atoms with Crippen LogP contribution in [0.4, 0.5) is 5.69 Å². The molecule has 0 aliphatic carbocycles. The number of aryl methyl sites for hydroxylation is 1. The van der Waals surface area contributed by atoms with E-state index in [4.69, 9.17) is 0 Å². The van der Waals surface area contributed by atoms with Gasteiger partial charge in [0, 0.05) is 5.56 Å². The molecule has 0 fully saturated rings. The lowest BCUT2D eigenvalue weighted by Crippen LogP contribution is -2.73. The summed E-state index contributed by atoms with van der Waals surface area (Å²) in [6, 6.07) is 6.59. The van der Waals surface area contributed by atoms with Crippen molar-refractivity contribution in [3.8, 4) is 0 Å². The molecule has 0 aliphatic heterocycles. The van der Waals surface area contributed by atoms with Gasteiger partial charge in [0.1, 0.15) is 5.69 Å². The SMILES string of the molecule is CCC(C)=Cc1cc(C)ccc1[NH2+]C. The molecule has 1 aromatic rings. The summed E-state index contributed by atoms with van der Waals surface area (Å²) >= 11 is 0. The quantitative estimate of drug-likeness (QED) is 0.706. The molecule has 0 unspecified atom stereocenters. The molecule has 0 saturated heterocycles. The van der Waals surface area contributed by atoms with E-state index in [-0.39, 0.29) is 0 Å². The first kappa shape index (κ1) is 11.0. The number of nitrogens with two attached hydrogens (primary N) is 1. The standard InChI is InChI=1S/C13H19N/c1-5-10(2)8-12-9-11(3)6-7-13(12)14-4/h6-9,14H,5H2,1-4H3/p+1. The van der Waals surface area contributed by atoms with Gasteiger partial charge in [-0.3, -0.25) is 0 Å². The Morgan fingerprint density at radius 2 is 2.14 bits per heavy atom. The van der Waals surface area contributed by atoms with Gasteiger partial charge in [-0.1, -0.05) is 30.2 Å². The van der Waals surface area contributed by atoms with Crippen LogP contribution in [0.2, 0.25) is 0 Å². The fourth-order valence-corrected chi connectivity index (χ4v) is 1.45. The average molecular weight is 190 g/mol. The first-order chi connectivity index (χ1) is 6.67. The smallest absolute Gasteiger partial charge is 0.136 e. The maximum Gasteiger partial charge on any atom is 0.136 e. The van der Waals surface area contributed by atoms with E-state index < -0.39 is 0 Å². The van der Waals surface area contributed by atoms with Crippen molar-refractivity contribution in [2.45, 2.75) is 27.2 Å². The summed E-state index contributed by atoms with van der Waals surface area (Å²) in [6.07, 6.45) is 3.40. The van der Waals surface area contributed by atoms with Crippen molar-refractivity contribution in [3.05, 3.63) is 34.9 Å². The summed E-state index contributed by atoms with van der Waals surface area (Å²) in [4.78, 5) is 0. The zero-order valence-electron chi connectivity index (χ0n) is 9.59. The lowest BCUT2D eigenvalue weighted by Gasteiger charge is -2.03. The maximum absolute atomic E-state index is 2.28. The molecule has 0 heterocycles. The van der Waals surface area contributed by atoms with Crippen LogP contribution >= 0.6 is 0 Å². The monoisotopic (exact) mass is 190 g/mol. The molecule has 0 spiro atoms. The van der Waals surface area contributed by atoms with Crippen molar-refractivity contribution in [2.24, 2.45) is 0 Å². The summed E-state index contributed by atoms with van der Waals surface area (Å²) in [5.41, 5.74) is 5.42. The van der Waals surface area contributed by atoms with Crippen molar-refractivity contribution >= 4 is 11.8 Å². The summed E-state index contributed by atoms with van der Waals surface area (Å²) < 4.78 is 0. The van der Waals surface area contributed by atoms with E-state index in [2.05, 4.69) is 57.4 Å². The first-order valence-corrected chi connectivity index (χ1v) is 5.24. The minimum Gasteiger partial charge on any atom is -0.316 e. The summed E-state index contributed by atoms with van der Waals surface area (Å²) in [7, 11) is 2.09. The molecule has 0 aromatic heterocycles. The number of hydrogen-bond acceptors (Lipinski definition) is 0. The highest BCUT2D eigenvalue weighted by atomic mass is 14.8. The van der Waals surface area contributed by atoms with Gasteiger partial charge in [-0.2, -0.15) is 0 Å². The van der Waals surface area contributed by atoms with Crippen molar-refractivity contribution in [1.29, 1.82) is 0 Å². The topological polar surface area (TPSA) is 16.6 Å². The number of allylic oxidation sites excluding steroid dienone is 1. The second kappa shape index (κ2) is 4.97. The van der Waals surface area contributed by atoms with E-state index in [0.717, 1.165) is 6.42 Å². The molecular formula is C13H20N+. The van der Waals surface area contributed by atoms with Gasteiger partial charge in [0.2, 0.25) is 0 Å². The average Bonchev–Trinajstić information content (AvgIpc) is 2.18. The largest absolute Gasteiger partial charge is 0.316 e. The van der Waals surface area contributed by atoms with Gasteiger partial charge in [-0.25, -0.2) is 0 Å². The predicted molar refractivity (Wildman–Crippen MR) is 62.6 cm³/mol. The fourth-order valence-electron chi connectivity index (χ4n) is 1.45. The zero-order valence-corrected chi connectivity index (χ0v) is 9.59. The third kappa shape index (κ3) is 2.71. The predicted octanol–water partition coefficient (Wildman–Crippen LogP) is 2.63. The van der Waals surface area contributed by atoms with Crippen LogP contribution in [0.3, 0.4) is 0 Å². The normalized spacial score (nSPS) is 11.9.